The first-order chi connectivity index (χ1) is 17.0. The second-order valence-corrected chi connectivity index (χ2v) is 8.54. The van der Waals surface area contributed by atoms with Gasteiger partial charge in [-0.3, -0.25) is 19.4 Å². The zero-order chi connectivity index (χ0) is 27.3. The van der Waals surface area contributed by atoms with Gasteiger partial charge in [-0.2, -0.15) is 25.3 Å². The standard InChI is InChI=1S/C21H33N7O6S2/c22-13(8-11-3-5-12(29)6-4-11)17(30)27-15(9-35)19(32)26-14(2-1-7-25-21(23)24)18(31)28-16(10-36)20(33)34/h3-6,13-16,29,35-36H,1-2,7-10,22H2,(H,26,32)(H,27,30)(H,28,31)(H,33,34)(H4,23,24,25). The van der Waals surface area contributed by atoms with Crippen LogP contribution in [0.25, 0.3) is 0 Å². The van der Waals surface area contributed by atoms with Crippen LogP contribution < -0.4 is 33.2 Å². The molecule has 0 aromatic heterocycles. The van der Waals surface area contributed by atoms with E-state index in [2.05, 4.69) is 46.2 Å². The largest absolute Gasteiger partial charge is 0.508 e. The molecule has 0 fully saturated rings. The van der Waals surface area contributed by atoms with E-state index in [1.807, 2.05) is 0 Å². The van der Waals surface area contributed by atoms with Gasteiger partial charge in [0, 0.05) is 18.1 Å². The SMILES string of the molecule is NC(N)=NCCCC(NC(=O)C(CS)NC(=O)C(N)Cc1ccc(O)cc1)C(=O)NC(CS)C(=O)O. The molecule has 0 aliphatic heterocycles. The molecule has 0 bridgehead atoms. The monoisotopic (exact) mass is 543 g/mol. The lowest BCUT2D eigenvalue weighted by Crippen LogP contribution is -2.58. The summed E-state index contributed by atoms with van der Waals surface area (Å²) >= 11 is 8.02. The molecule has 0 heterocycles. The van der Waals surface area contributed by atoms with E-state index in [1.165, 1.54) is 12.1 Å². The van der Waals surface area contributed by atoms with Crippen molar-refractivity contribution in [3.63, 3.8) is 0 Å². The molecular weight excluding hydrogens is 510 g/mol. The average molecular weight is 544 g/mol. The van der Waals surface area contributed by atoms with Gasteiger partial charge in [0.25, 0.3) is 0 Å². The van der Waals surface area contributed by atoms with E-state index >= 15 is 0 Å². The van der Waals surface area contributed by atoms with Gasteiger partial charge in [-0.1, -0.05) is 12.1 Å². The molecule has 1 aromatic carbocycles. The summed E-state index contributed by atoms with van der Waals surface area (Å²) in [7, 11) is 0. The Hall–Kier alpha value is -3.17. The Balaban J connectivity index is 2.85. The Labute approximate surface area is 219 Å². The number of aliphatic carboxylic acids is 1. The molecule has 15 heteroatoms. The highest BCUT2D eigenvalue weighted by Gasteiger charge is 2.29. The quantitative estimate of drug-likeness (QED) is 0.0495. The Morgan fingerprint density at radius 1 is 0.889 bits per heavy atom. The molecule has 0 aliphatic rings. The van der Waals surface area contributed by atoms with Crippen molar-refractivity contribution in [2.75, 3.05) is 18.1 Å². The van der Waals surface area contributed by atoms with Crippen LogP contribution in [0, 0.1) is 0 Å². The Morgan fingerprint density at radius 3 is 1.94 bits per heavy atom. The molecule has 4 atom stereocenters. The topological polar surface area (TPSA) is 235 Å². The van der Waals surface area contributed by atoms with Crippen LogP contribution in [0.15, 0.2) is 29.3 Å². The molecule has 3 amide bonds. The van der Waals surface area contributed by atoms with Crippen molar-refractivity contribution in [3.05, 3.63) is 29.8 Å². The van der Waals surface area contributed by atoms with Crippen molar-refractivity contribution in [2.45, 2.75) is 43.4 Å². The van der Waals surface area contributed by atoms with Crippen LogP contribution in [0.1, 0.15) is 18.4 Å². The van der Waals surface area contributed by atoms with E-state index in [4.69, 9.17) is 17.2 Å². The molecule has 0 radical (unpaired) electrons. The van der Waals surface area contributed by atoms with E-state index < -0.39 is 47.9 Å². The fourth-order valence-electron chi connectivity index (χ4n) is 2.95. The maximum atomic E-state index is 12.9. The zero-order valence-corrected chi connectivity index (χ0v) is 21.3. The number of carbonyl (C=O) groups excluding carboxylic acids is 3. The second-order valence-electron chi connectivity index (χ2n) is 7.81. The van der Waals surface area contributed by atoms with Gasteiger partial charge in [0.15, 0.2) is 5.96 Å². The highest BCUT2D eigenvalue weighted by Crippen LogP contribution is 2.11. The fourth-order valence-corrected chi connectivity index (χ4v) is 3.46. The molecule has 1 rings (SSSR count). The summed E-state index contributed by atoms with van der Waals surface area (Å²) < 4.78 is 0. The number of carbonyl (C=O) groups is 4. The molecule has 0 saturated carbocycles. The van der Waals surface area contributed by atoms with E-state index in [9.17, 15) is 29.4 Å². The number of aliphatic imine (C=N–C) groups is 1. The van der Waals surface area contributed by atoms with Gasteiger partial charge >= 0.3 is 5.97 Å². The number of phenols is 1. The van der Waals surface area contributed by atoms with Gasteiger partial charge in [0.2, 0.25) is 17.7 Å². The molecule has 13 nitrogen and oxygen atoms in total. The number of aromatic hydroxyl groups is 1. The van der Waals surface area contributed by atoms with Gasteiger partial charge in [0.05, 0.1) is 6.04 Å². The molecule has 4 unspecified atom stereocenters. The van der Waals surface area contributed by atoms with E-state index in [0.29, 0.717) is 12.0 Å². The Morgan fingerprint density at radius 2 is 1.42 bits per heavy atom. The highest BCUT2D eigenvalue weighted by atomic mass is 32.1. The highest BCUT2D eigenvalue weighted by molar-refractivity contribution is 7.80. The molecule has 0 saturated heterocycles. The molecule has 1 aromatic rings. The summed E-state index contributed by atoms with van der Waals surface area (Å²) in [4.78, 5) is 53.2. The van der Waals surface area contributed by atoms with Gasteiger partial charge < -0.3 is 43.4 Å². The average Bonchev–Trinajstić information content (AvgIpc) is 2.83. The Kier molecular flexibility index (Phi) is 13.5. The number of nitrogens with zero attached hydrogens (tertiary/aromatic N) is 1. The predicted octanol–water partition coefficient (Wildman–Crippen LogP) is -2.29. The summed E-state index contributed by atoms with van der Waals surface area (Å²) in [5, 5.41) is 25.9. The number of nitrogens with two attached hydrogens (primary N) is 3. The number of hydrogen-bond donors (Lipinski definition) is 10. The van der Waals surface area contributed by atoms with Crippen molar-refractivity contribution in [3.8, 4) is 5.75 Å². The Bertz CT molecular complexity index is 928. The first-order valence-corrected chi connectivity index (χ1v) is 12.2. The third kappa shape index (κ3) is 11.0. The minimum absolute atomic E-state index is 0.0736. The van der Waals surface area contributed by atoms with Crippen LogP contribution in [0.3, 0.4) is 0 Å². The number of rotatable bonds is 15. The van der Waals surface area contributed by atoms with Crippen LogP contribution >= 0.6 is 25.3 Å². The molecular formula is C21H33N7O6S2. The van der Waals surface area contributed by atoms with Crippen molar-refractivity contribution in [2.24, 2.45) is 22.2 Å². The molecule has 200 valence electrons. The smallest absolute Gasteiger partial charge is 0.327 e. The number of carboxylic acids is 1. The number of thiol groups is 2. The second kappa shape index (κ2) is 15.7. The van der Waals surface area contributed by atoms with E-state index in [0.717, 1.165) is 0 Å². The minimum atomic E-state index is -1.29. The van der Waals surface area contributed by atoms with Crippen LogP contribution in [0.2, 0.25) is 0 Å². The number of nitrogens with one attached hydrogen (secondary N) is 3. The van der Waals surface area contributed by atoms with Crippen molar-refractivity contribution in [1.29, 1.82) is 0 Å². The predicted molar refractivity (Wildman–Crippen MR) is 141 cm³/mol. The first-order valence-electron chi connectivity index (χ1n) is 10.9. The van der Waals surface area contributed by atoms with E-state index in [1.54, 1.807) is 12.1 Å². The van der Waals surface area contributed by atoms with Crippen LogP contribution in [-0.2, 0) is 25.6 Å². The summed E-state index contributed by atoms with van der Waals surface area (Å²) in [5.74, 6) is -3.69. The van der Waals surface area contributed by atoms with Gasteiger partial charge in [-0.05, 0) is 37.0 Å². The van der Waals surface area contributed by atoms with Gasteiger partial charge in [-0.15, -0.1) is 0 Å². The van der Waals surface area contributed by atoms with Crippen molar-refractivity contribution >= 4 is 54.9 Å². The third-order valence-electron chi connectivity index (χ3n) is 4.92. The van der Waals surface area contributed by atoms with E-state index in [-0.39, 0.29) is 42.6 Å². The minimum Gasteiger partial charge on any atom is -0.508 e. The normalized spacial score (nSPS) is 14.0. The van der Waals surface area contributed by atoms with Crippen molar-refractivity contribution in [1.82, 2.24) is 16.0 Å². The van der Waals surface area contributed by atoms with Crippen molar-refractivity contribution < 1.29 is 29.4 Å². The lowest BCUT2D eigenvalue weighted by molar-refractivity contribution is -0.141. The van der Waals surface area contributed by atoms with Crippen LogP contribution in [-0.4, -0.2) is 82.1 Å². The summed E-state index contributed by atoms with van der Waals surface area (Å²) in [6.45, 7) is 0.176. The third-order valence-corrected chi connectivity index (χ3v) is 5.65. The number of hydrogen-bond acceptors (Lipinski definition) is 9. The maximum absolute atomic E-state index is 12.9. The van der Waals surface area contributed by atoms with Gasteiger partial charge in [-0.25, -0.2) is 4.79 Å². The molecule has 36 heavy (non-hydrogen) atoms. The lowest BCUT2D eigenvalue weighted by Gasteiger charge is -2.24. The maximum Gasteiger partial charge on any atom is 0.327 e. The number of amides is 3. The summed E-state index contributed by atoms with van der Waals surface area (Å²) in [5.41, 5.74) is 17.2. The number of benzene rings is 1. The number of guanidine groups is 1. The van der Waals surface area contributed by atoms with Crippen LogP contribution in [0.4, 0.5) is 0 Å². The summed E-state index contributed by atoms with van der Waals surface area (Å²) in [6, 6.07) is 1.64. The first kappa shape index (κ1) is 30.9. The molecule has 11 N–H and O–H groups in total. The fraction of sp³-hybridized carbons (Fsp3) is 0.476. The number of phenolic OH excluding ortho intramolecular Hbond substituents is 1. The van der Waals surface area contributed by atoms with Gasteiger partial charge in [0.1, 0.15) is 23.9 Å². The van der Waals surface area contributed by atoms with Crippen LogP contribution in [0.5, 0.6) is 5.75 Å². The lowest BCUT2D eigenvalue weighted by atomic mass is 10.1. The molecule has 0 aliphatic carbocycles. The zero-order valence-electron chi connectivity index (χ0n) is 19.5. The summed E-state index contributed by atoms with van der Waals surface area (Å²) in [6.07, 6.45) is 0.536. The number of carboxylic acid groups (broad SMARTS) is 1. The molecule has 0 spiro atoms.